The molecule has 0 unspecified atom stereocenters. The highest BCUT2D eigenvalue weighted by Crippen LogP contribution is 2.23. The third kappa shape index (κ3) is 3.67. The van der Waals surface area contributed by atoms with Crippen LogP contribution < -0.4 is 15.2 Å². The Morgan fingerprint density at radius 2 is 1.70 bits per heavy atom. The molecule has 2 rings (SSSR count). The summed E-state index contributed by atoms with van der Waals surface area (Å²) in [6, 6.07) is 13.9. The predicted molar refractivity (Wildman–Crippen MR) is 82.2 cm³/mol. The lowest BCUT2D eigenvalue weighted by atomic mass is 10.1. The fraction of sp³-hybridized carbons (Fsp3) is 0.294. The van der Waals surface area contributed by atoms with Crippen LogP contribution in [-0.4, -0.2) is 7.11 Å². The monoisotopic (exact) mass is 271 g/mol. The van der Waals surface area contributed by atoms with Crippen molar-refractivity contribution >= 4 is 5.69 Å². The van der Waals surface area contributed by atoms with Gasteiger partial charge in [-0.3, -0.25) is 0 Å². The van der Waals surface area contributed by atoms with E-state index in [9.17, 15) is 0 Å². The van der Waals surface area contributed by atoms with E-state index in [-0.39, 0.29) is 0 Å². The van der Waals surface area contributed by atoms with Crippen molar-refractivity contribution in [3.8, 4) is 11.5 Å². The SMILES string of the molecule is CCCc1ccc(OCc2ccc(OC)c(N)c2)cc1. The minimum atomic E-state index is 0.501. The van der Waals surface area contributed by atoms with E-state index in [1.54, 1.807) is 7.11 Å². The van der Waals surface area contributed by atoms with Crippen LogP contribution in [-0.2, 0) is 13.0 Å². The molecule has 0 aromatic heterocycles. The second-order valence-electron chi connectivity index (χ2n) is 4.76. The molecule has 0 fully saturated rings. The first kappa shape index (κ1) is 14.3. The number of rotatable bonds is 6. The smallest absolute Gasteiger partial charge is 0.141 e. The van der Waals surface area contributed by atoms with Gasteiger partial charge in [-0.05, 0) is 41.8 Å². The number of nitrogen functional groups attached to an aromatic ring is 1. The van der Waals surface area contributed by atoms with Crippen LogP contribution in [0.5, 0.6) is 11.5 Å². The second kappa shape index (κ2) is 6.85. The minimum absolute atomic E-state index is 0.501. The van der Waals surface area contributed by atoms with Gasteiger partial charge in [-0.2, -0.15) is 0 Å². The van der Waals surface area contributed by atoms with E-state index in [0.29, 0.717) is 18.0 Å². The average Bonchev–Trinajstić information content (AvgIpc) is 2.47. The zero-order valence-electron chi connectivity index (χ0n) is 12.1. The molecule has 0 amide bonds. The summed E-state index contributed by atoms with van der Waals surface area (Å²) in [5, 5.41) is 0. The van der Waals surface area contributed by atoms with Crippen LogP contribution in [0, 0.1) is 0 Å². The highest BCUT2D eigenvalue weighted by atomic mass is 16.5. The predicted octanol–water partition coefficient (Wildman–Crippen LogP) is 3.81. The largest absolute Gasteiger partial charge is 0.495 e. The van der Waals surface area contributed by atoms with Crippen molar-refractivity contribution in [1.29, 1.82) is 0 Å². The highest BCUT2D eigenvalue weighted by Gasteiger charge is 2.02. The first-order valence-corrected chi connectivity index (χ1v) is 6.87. The molecule has 0 aliphatic rings. The Hall–Kier alpha value is -2.16. The Balaban J connectivity index is 1.96. The summed E-state index contributed by atoms with van der Waals surface area (Å²) in [4.78, 5) is 0. The van der Waals surface area contributed by atoms with Crippen molar-refractivity contribution in [3.63, 3.8) is 0 Å². The van der Waals surface area contributed by atoms with Gasteiger partial charge in [0.1, 0.15) is 18.1 Å². The lowest BCUT2D eigenvalue weighted by molar-refractivity contribution is 0.306. The molecule has 0 spiro atoms. The summed E-state index contributed by atoms with van der Waals surface area (Å²) in [5.41, 5.74) is 8.87. The van der Waals surface area contributed by atoms with Crippen LogP contribution in [0.4, 0.5) is 5.69 Å². The molecule has 2 aromatic carbocycles. The molecule has 0 aliphatic heterocycles. The Kier molecular flexibility index (Phi) is 4.88. The van der Waals surface area contributed by atoms with Gasteiger partial charge in [0, 0.05) is 0 Å². The first-order chi connectivity index (χ1) is 9.72. The molecule has 2 N–H and O–H groups in total. The molecule has 0 saturated carbocycles. The summed E-state index contributed by atoms with van der Waals surface area (Å²) in [5.74, 6) is 1.57. The molecule has 0 heterocycles. The van der Waals surface area contributed by atoms with Crippen molar-refractivity contribution in [2.45, 2.75) is 26.4 Å². The van der Waals surface area contributed by atoms with E-state index in [1.165, 1.54) is 5.56 Å². The van der Waals surface area contributed by atoms with E-state index in [4.69, 9.17) is 15.2 Å². The first-order valence-electron chi connectivity index (χ1n) is 6.87. The maximum absolute atomic E-state index is 5.87. The number of anilines is 1. The Morgan fingerprint density at radius 3 is 2.30 bits per heavy atom. The second-order valence-corrected chi connectivity index (χ2v) is 4.76. The van der Waals surface area contributed by atoms with Crippen molar-refractivity contribution < 1.29 is 9.47 Å². The molecule has 3 heteroatoms. The summed E-state index contributed by atoms with van der Waals surface area (Å²) in [7, 11) is 1.61. The van der Waals surface area contributed by atoms with Crippen LogP contribution in [0.25, 0.3) is 0 Å². The zero-order valence-corrected chi connectivity index (χ0v) is 12.1. The van der Waals surface area contributed by atoms with Gasteiger partial charge in [0.25, 0.3) is 0 Å². The third-order valence-electron chi connectivity index (χ3n) is 3.16. The normalized spacial score (nSPS) is 10.3. The van der Waals surface area contributed by atoms with Crippen LogP contribution in [0.3, 0.4) is 0 Å². The fourth-order valence-corrected chi connectivity index (χ4v) is 2.08. The lowest BCUT2D eigenvalue weighted by Crippen LogP contribution is -1.98. The van der Waals surface area contributed by atoms with Gasteiger partial charge < -0.3 is 15.2 Å². The number of ether oxygens (including phenoxy) is 2. The van der Waals surface area contributed by atoms with Crippen molar-refractivity contribution in [3.05, 3.63) is 53.6 Å². The number of hydrogen-bond acceptors (Lipinski definition) is 3. The molecule has 2 aromatic rings. The molecule has 0 atom stereocenters. The number of hydrogen-bond donors (Lipinski definition) is 1. The molecule has 3 nitrogen and oxygen atoms in total. The molecule has 106 valence electrons. The number of benzene rings is 2. The summed E-state index contributed by atoms with van der Waals surface area (Å²) < 4.78 is 10.9. The van der Waals surface area contributed by atoms with Gasteiger partial charge in [0.2, 0.25) is 0 Å². The van der Waals surface area contributed by atoms with E-state index in [2.05, 4.69) is 19.1 Å². The Labute approximate surface area is 120 Å². The zero-order chi connectivity index (χ0) is 14.4. The van der Waals surface area contributed by atoms with Crippen molar-refractivity contribution in [2.75, 3.05) is 12.8 Å². The maximum Gasteiger partial charge on any atom is 0.141 e. The summed E-state index contributed by atoms with van der Waals surface area (Å²) in [6.07, 6.45) is 2.26. The Morgan fingerprint density at radius 1 is 1.00 bits per heavy atom. The standard InChI is InChI=1S/C17H21NO2/c1-3-4-13-5-8-15(9-6-13)20-12-14-7-10-17(19-2)16(18)11-14/h5-11H,3-4,12,18H2,1-2H3. The van der Waals surface area contributed by atoms with Crippen LogP contribution in [0.2, 0.25) is 0 Å². The van der Waals surface area contributed by atoms with Gasteiger partial charge >= 0.3 is 0 Å². The number of nitrogens with two attached hydrogens (primary N) is 1. The molecular formula is C17H21NO2. The third-order valence-corrected chi connectivity index (χ3v) is 3.16. The van der Waals surface area contributed by atoms with Gasteiger partial charge in [-0.1, -0.05) is 31.5 Å². The summed E-state index contributed by atoms with van der Waals surface area (Å²) >= 11 is 0. The van der Waals surface area contributed by atoms with Crippen LogP contribution >= 0.6 is 0 Å². The van der Waals surface area contributed by atoms with Crippen molar-refractivity contribution in [1.82, 2.24) is 0 Å². The summed E-state index contributed by atoms with van der Waals surface area (Å²) in [6.45, 7) is 2.68. The number of aryl methyl sites for hydroxylation is 1. The molecule has 0 saturated heterocycles. The van der Waals surface area contributed by atoms with Crippen LogP contribution in [0.15, 0.2) is 42.5 Å². The van der Waals surface area contributed by atoms with E-state index in [1.807, 2.05) is 30.3 Å². The topological polar surface area (TPSA) is 44.5 Å². The highest BCUT2D eigenvalue weighted by molar-refractivity contribution is 5.54. The lowest BCUT2D eigenvalue weighted by Gasteiger charge is -2.09. The molecule has 0 aliphatic carbocycles. The molecule has 0 radical (unpaired) electrons. The van der Waals surface area contributed by atoms with Crippen molar-refractivity contribution in [2.24, 2.45) is 0 Å². The van der Waals surface area contributed by atoms with Gasteiger partial charge in [0.05, 0.1) is 12.8 Å². The van der Waals surface area contributed by atoms with Crippen LogP contribution in [0.1, 0.15) is 24.5 Å². The van der Waals surface area contributed by atoms with E-state index >= 15 is 0 Å². The minimum Gasteiger partial charge on any atom is -0.495 e. The quantitative estimate of drug-likeness (QED) is 0.812. The molecular weight excluding hydrogens is 250 g/mol. The average molecular weight is 271 g/mol. The maximum atomic E-state index is 5.87. The Bertz CT molecular complexity index is 549. The van der Waals surface area contributed by atoms with E-state index in [0.717, 1.165) is 24.2 Å². The van der Waals surface area contributed by atoms with Gasteiger partial charge in [-0.25, -0.2) is 0 Å². The fourth-order valence-electron chi connectivity index (χ4n) is 2.08. The van der Waals surface area contributed by atoms with Gasteiger partial charge in [0.15, 0.2) is 0 Å². The number of methoxy groups -OCH3 is 1. The molecule has 20 heavy (non-hydrogen) atoms. The van der Waals surface area contributed by atoms with E-state index < -0.39 is 0 Å². The molecule has 0 bridgehead atoms. The van der Waals surface area contributed by atoms with Gasteiger partial charge in [-0.15, -0.1) is 0 Å².